The average Bonchev–Trinajstić information content (AvgIpc) is 2.17. The third-order valence-corrected chi connectivity index (χ3v) is 4.31. The van der Waals surface area contributed by atoms with Crippen LogP contribution in [0, 0.1) is 5.41 Å². The molecule has 94 valence electrons. The van der Waals surface area contributed by atoms with E-state index in [9.17, 15) is 0 Å². The van der Waals surface area contributed by atoms with Gasteiger partial charge in [-0.05, 0) is 50.9 Å². The molecule has 0 aromatic rings. The van der Waals surface area contributed by atoms with Gasteiger partial charge in [-0.2, -0.15) is 0 Å². The van der Waals surface area contributed by atoms with Crippen molar-refractivity contribution in [1.29, 1.82) is 0 Å². The van der Waals surface area contributed by atoms with Gasteiger partial charge in [0, 0.05) is 18.7 Å². The molecular formula is C14H27NO. The molecule has 0 spiro atoms. The molecule has 0 radical (unpaired) electrons. The Morgan fingerprint density at radius 1 is 1.12 bits per heavy atom. The predicted octanol–water partition coefficient (Wildman–Crippen LogP) is 3.11. The lowest BCUT2D eigenvalue weighted by Crippen LogP contribution is -2.50. The van der Waals surface area contributed by atoms with E-state index in [-0.39, 0.29) is 0 Å². The molecule has 0 aromatic carbocycles. The van der Waals surface area contributed by atoms with Crippen molar-refractivity contribution in [3.8, 4) is 0 Å². The molecular weight excluding hydrogens is 198 g/mol. The SMILES string of the molecule is CCOC1CC(NC2CCC(C)(C)CC2)C1. The van der Waals surface area contributed by atoms with Crippen molar-refractivity contribution < 1.29 is 4.74 Å². The Bertz CT molecular complexity index is 211. The molecule has 2 aliphatic rings. The van der Waals surface area contributed by atoms with Crippen LogP contribution in [0.4, 0.5) is 0 Å². The molecule has 0 bridgehead atoms. The summed E-state index contributed by atoms with van der Waals surface area (Å²) in [4.78, 5) is 0. The van der Waals surface area contributed by atoms with Gasteiger partial charge in [-0.3, -0.25) is 0 Å². The molecule has 2 heteroatoms. The highest BCUT2D eigenvalue weighted by molar-refractivity contribution is 4.90. The van der Waals surface area contributed by atoms with Crippen LogP contribution in [0.5, 0.6) is 0 Å². The third kappa shape index (κ3) is 3.21. The molecule has 0 heterocycles. The summed E-state index contributed by atoms with van der Waals surface area (Å²) in [6.45, 7) is 7.76. The second-order valence-electron chi connectivity index (χ2n) is 6.35. The fourth-order valence-corrected chi connectivity index (χ4v) is 2.97. The summed E-state index contributed by atoms with van der Waals surface area (Å²) in [5.41, 5.74) is 0.589. The molecule has 2 saturated carbocycles. The van der Waals surface area contributed by atoms with Gasteiger partial charge in [-0.15, -0.1) is 0 Å². The Hall–Kier alpha value is -0.0800. The molecule has 0 aliphatic heterocycles. The van der Waals surface area contributed by atoms with Crippen molar-refractivity contribution in [3.63, 3.8) is 0 Å². The van der Waals surface area contributed by atoms with Crippen LogP contribution in [-0.2, 0) is 4.74 Å². The van der Waals surface area contributed by atoms with E-state index in [1.807, 2.05) is 0 Å². The zero-order valence-electron chi connectivity index (χ0n) is 11.1. The van der Waals surface area contributed by atoms with Crippen molar-refractivity contribution in [2.75, 3.05) is 6.61 Å². The zero-order valence-corrected chi connectivity index (χ0v) is 11.1. The van der Waals surface area contributed by atoms with Crippen molar-refractivity contribution >= 4 is 0 Å². The maximum absolute atomic E-state index is 5.59. The van der Waals surface area contributed by atoms with E-state index in [1.165, 1.54) is 38.5 Å². The number of ether oxygens (including phenoxy) is 1. The van der Waals surface area contributed by atoms with Crippen LogP contribution in [0.3, 0.4) is 0 Å². The quantitative estimate of drug-likeness (QED) is 0.794. The Balaban J connectivity index is 1.62. The van der Waals surface area contributed by atoms with E-state index in [0.29, 0.717) is 11.5 Å². The van der Waals surface area contributed by atoms with E-state index < -0.39 is 0 Å². The van der Waals surface area contributed by atoms with Gasteiger partial charge in [0.15, 0.2) is 0 Å². The summed E-state index contributed by atoms with van der Waals surface area (Å²) in [6, 6.07) is 1.52. The Morgan fingerprint density at radius 2 is 1.75 bits per heavy atom. The van der Waals surface area contributed by atoms with Crippen LogP contribution in [-0.4, -0.2) is 24.8 Å². The summed E-state index contributed by atoms with van der Waals surface area (Å²) in [7, 11) is 0. The maximum Gasteiger partial charge on any atom is 0.0604 e. The standard InChI is InChI=1S/C14H27NO/c1-4-16-13-9-12(10-13)15-11-5-7-14(2,3)8-6-11/h11-13,15H,4-10H2,1-3H3. The van der Waals surface area contributed by atoms with Gasteiger partial charge in [0.25, 0.3) is 0 Å². The monoisotopic (exact) mass is 225 g/mol. The Morgan fingerprint density at radius 3 is 2.31 bits per heavy atom. The highest BCUT2D eigenvalue weighted by Gasteiger charge is 2.33. The largest absolute Gasteiger partial charge is 0.378 e. The first kappa shape index (κ1) is 12.4. The van der Waals surface area contributed by atoms with Crippen molar-refractivity contribution in [2.24, 2.45) is 5.41 Å². The Kier molecular flexibility index (Phi) is 3.91. The summed E-state index contributed by atoms with van der Waals surface area (Å²) in [5, 5.41) is 3.80. The molecule has 2 rings (SSSR count). The minimum absolute atomic E-state index is 0.544. The van der Waals surface area contributed by atoms with Crippen molar-refractivity contribution in [2.45, 2.75) is 77.5 Å². The van der Waals surface area contributed by atoms with E-state index in [2.05, 4.69) is 26.1 Å². The predicted molar refractivity (Wildman–Crippen MR) is 67.6 cm³/mol. The highest BCUT2D eigenvalue weighted by atomic mass is 16.5. The topological polar surface area (TPSA) is 21.3 Å². The van der Waals surface area contributed by atoms with E-state index in [0.717, 1.165) is 18.7 Å². The number of hydrogen-bond acceptors (Lipinski definition) is 2. The van der Waals surface area contributed by atoms with E-state index in [4.69, 9.17) is 4.74 Å². The molecule has 2 nitrogen and oxygen atoms in total. The van der Waals surface area contributed by atoms with E-state index in [1.54, 1.807) is 0 Å². The molecule has 0 aromatic heterocycles. The number of hydrogen-bond donors (Lipinski definition) is 1. The lowest BCUT2D eigenvalue weighted by molar-refractivity contribution is -0.0145. The summed E-state index contributed by atoms with van der Waals surface area (Å²) < 4.78 is 5.59. The maximum atomic E-state index is 5.59. The van der Waals surface area contributed by atoms with Crippen LogP contribution in [0.2, 0.25) is 0 Å². The van der Waals surface area contributed by atoms with Crippen LogP contribution < -0.4 is 5.32 Å². The summed E-state index contributed by atoms with van der Waals surface area (Å²) in [5.74, 6) is 0. The first-order valence-electron chi connectivity index (χ1n) is 6.97. The van der Waals surface area contributed by atoms with Gasteiger partial charge in [-0.25, -0.2) is 0 Å². The molecule has 0 amide bonds. The van der Waals surface area contributed by atoms with Crippen LogP contribution in [0.25, 0.3) is 0 Å². The smallest absolute Gasteiger partial charge is 0.0604 e. The zero-order chi connectivity index (χ0) is 11.6. The Labute approximate surface area is 100 Å². The second kappa shape index (κ2) is 5.05. The summed E-state index contributed by atoms with van der Waals surface area (Å²) in [6.07, 6.45) is 8.49. The van der Waals surface area contributed by atoms with Crippen LogP contribution >= 0.6 is 0 Å². The minimum Gasteiger partial charge on any atom is -0.378 e. The van der Waals surface area contributed by atoms with Crippen LogP contribution in [0.15, 0.2) is 0 Å². The molecule has 2 aliphatic carbocycles. The van der Waals surface area contributed by atoms with Crippen molar-refractivity contribution in [1.82, 2.24) is 5.32 Å². The molecule has 2 fully saturated rings. The van der Waals surface area contributed by atoms with E-state index >= 15 is 0 Å². The molecule has 16 heavy (non-hydrogen) atoms. The fourth-order valence-electron chi connectivity index (χ4n) is 2.97. The van der Waals surface area contributed by atoms with Gasteiger partial charge >= 0.3 is 0 Å². The first-order chi connectivity index (χ1) is 7.59. The highest BCUT2D eigenvalue weighted by Crippen LogP contribution is 2.36. The average molecular weight is 225 g/mol. The molecule has 0 atom stereocenters. The fraction of sp³-hybridized carbons (Fsp3) is 1.00. The second-order valence-corrected chi connectivity index (χ2v) is 6.35. The molecule has 0 saturated heterocycles. The third-order valence-electron chi connectivity index (χ3n) is 4.31. The molecule has 1 N–H and O–H groups in total. The summed E-state index contributed by atoms with van der Waals surface area (Å²) >= 11 is 0. The normalized spacial score (nSPS) is 34.7. The van der Waals surface area contributed by atoms with Gasteiger partial charge in [0.1, 0.15) is 0 Å². The van der Waals surface area contributed by atoms with Gasteiger partial charge in [0.05, 0.1) is 6.10 Å². The molecule has 0 unspecified atom stereocenters. The number of nitrogens with one attached hydrogen (secondary N) is 1. The first-order valence-corrected chi connectivity index (χ1v) is 6.97. The lowest BCUT2D eigenvalue weighted by atomic mass is 9.75. The van der Waals surface area contributed by atoms with Gasteiger partial charge < -0.3 is 10.1 Å². The minimum atomic E-state index is 0.544. The van der Waals surface area contributed by atoms with Gasteiger partial charge in [-0.1, -0.05) is 13.8 Å². The van der Waals surface area contributed by atoms with Gasteiger partial charge in [0.2, 0.25) is 0 Å². The van der Waals surface area contributed by atoms with Crippen molar-refractivity contribution in [3.05, 3.63) is 0 Å². The van der Waals surface area contributed by atoms with Crippen LogP contribution in [0.1, 0.15) is 59.3 Å². The lowest BCUT2D eigenvalue weighted by Gasteiger charge is -2.41. The number of rotatable bonds is 4.